The molecule has 1 saturated heterocycles. The Bertz CT molecular complexity index is 495. The molecule has 4 nitrogen and oxygen atoms in total. The maximum Gasteiger partial charge on any atom is 0.101 e. The summed E-state index contributed by atoms with van der Waals surface area (Å²) in [6, 6.07) is 8.16. The van der Waals surface area contributed by atoms with Crippen LogP contribution >= 0.6 is 0 Å². The zero-order valence-electron chi connectivity index (χ0n) is 11.6. The average Bonchev–Trinajstić information content (AvgIpc) is 2.46. The SMILES string of the molecule is COC1(C)CCCN(c2ccc(CN)cc2C#N)C1. The van der Waals surface area contributed by atoms with E-state index < -0.39 is 0 Å². The van der Waals surface area contributed by atoms with Gasteiger partial charge in [-0.1, -0.05) is 6.07 Å². The van der Waals surface area contributed by atoms with E-state index in [2.05, 4.69) is 17.9 Å². The van der Waals surface area contributed by atoms with Crippen molar-refractivity contribution in [3.05, 3.63) is 29.3 Å². The molecule has 1 aliphatic heterocycles. The summed E-state index contributed by atoms with van der Waals surface area (Å²) < 4.78 is 5.60. The predicted molar refractivity (Wildman–Crippen MR) is 75.9 cm³/mol. The Balaban J connectivity index is 2.29. The second-order valence-corrected chi connectivity index (χ2v) is 5.35. The van der Waals surface area contributed by atoms with Gasteiger partial charge in [-0.3, -0.25) is 0 Å². The van der Waals surface area contributed by atoms with Crippen LogP contribution in [-0.2, 0) is 11.3 Å². The molecule has 0 radical (unpaired) electrons. The topological polar surface area (TPSA) is 62.3 Å². The van der Waals surface area contributed by atoms with Crippen LogP contribution < -0.4 is 10.6 Å². The first-order valence-corrected chi connectivity index (χ1v) is 6.65. The fourth-order valence-electron chi connectivity index (χ4n) is 2.65. The van der Waals surface area contributed by atoms with Crippen LogP contribution in [0.2, 0.25) is 0 Å². The number of hydrogen-bond donors (Lipinski definition) is 1. The Morgan fingerprint density at radius 1 is 1.53 bits per heavy atom. The summed E-state index contributed by atoms with van der Waals surface area (Å²) in [6.07, 6.45) is 2.14. The van der Waals surface area contributed by atoms with Crippen molar-refractivity contribution in [2.75, 3.05) is 25.1 Å². The van der Waals surface area contributed by atoms with E-state index in [0.29, 0.717) is 12.1 Å². The molecule has 0 spiro atoms. The number of rotatable bonds is 3. The Kier molecular flexibility index (Phi) is 4.08. The van der Waals surface area contributed by atoms with Crippen molar-refractivity contribution in [3.8, 4) is 6.07 Å². The zero-order valence-corrected chi connectivity index (χ0v) is 11.6. The molecule has 1 atom stereocenters. The van der Waals surface area contributed by atoms with Gasteiger partial charge in [-0.15, -0.1) is 0 Å². The third-order valence-corrected chi connectivity index (χ3v) is 3.91. The summed E-state index contributed by atoms with van der Waals surface area (Å²) >= 11 is 0. The van der Waals surface area contributed by atoms with Crippen molar-refractivity contribution in [2.24, 2.45) is 5.73 Å². The minimum Gasteiger partial charge on any atom is -0.377 e. The van der Waals surface area contributed by atoms with Crippen LogP contribution in [0.3, 0.4) is 0 Å². The van der Waals surface area contributed by atoms with E-state index in [4.69, 9.17) is 10.5 Å². The van der Waals surface area contributed by atoms with Crippen LogP contribution in [0.5, 0.6) is 0 Å². The van der Waals surface area contributed by atoms with Crippen molar-refractivity contribution < 1.29 is 4.74 Å². The van der Waals surface area contributed by atoms with E-state index >= 15 is 0 Å². The van der Waals surface area contributed by atoms with Crippen LogP contribution in [0, 0.1) is 11.3 Å². The molecular weight excluding hydrogens is 238 g/mol. The van der Waals surface area contributed by atoms with Crippen LogP contribution in [0.15, 0.2) is 18.2 Å². The van der Waals surface area contributed by atoms with Gasteiger partial charge in [0.2, 0.25) is 0 Å². The van der Waals surface area contributed by atoms with Crippen molar-refractivity contribution in [3.63, 3.8) is 0 Å². The highest BCUT2D eigenvalue weighted by Gasteiger charge is 2.31. The Morgan fingerprint density at radius 2 is 2.32 bits per heavy atom. The molecule has 1 unspecified atom stereocenters. The number of nitriles is 1. The number of benzene rings is 1. The van der Waals surface area contributed by atoms with Crippen molar-refractivity contribution in [1.29, 1.82) is 5.26 Å². The van der Waals surface area contributed by atoms with Gasteiger partial charge in [0, 0.05) is 26.7 Å². The highest BCUT2D eigenvalue weighted by atomic mass is 16.5. The molecule has 1 aromatic carbocycles. The smallest absolute Gasteiger partial charge is 0.101 e. The fourth-order valence-corrected chi connectivity index (χ4v) is 2.65. The average molecular weight is 259 g/mol. The lowest BCUT2D eigenvalue weighted by Crippen LogP contribution is -2.47. The van der Waals surface area contributed by atoms with Gasteiger partial charge in [0.05, 0.1) is 16.9 Å². The van der Waals surface area contributed by atoms with Gasteiger partial charge in [0.15, 0.2) is 0 Å². The highest BCUT2D eigenvalue weighted by Crippen LogP contribution is 2.30. The second-order valence-electron chi connectivity index (χ2n) is 5.35. The van der Waals surface area contributed by atoms with Crippen LogP contribution in [0.25, 0.3) is 0 Å². The largest absolute Gasteiger partial charge is 0.377 e. The number of nitrogens with zero attached hydrogens (tertiary/aromatic N) is 2. The lowest BCUT2D eigenvalue weighted by Gasteiger charge is -2.41. The zero-order chi connectivity index (χ0) is 13.9. The monoisotopic (exact) mass is 259 g/mol. The van der Waals surface area contributed by atoms with Crippen LogP contribution in [-0.4, -0.2) is 25.8 Å². The molecule has 0 aromatic heterocycles. The molecule has 0 saturated carbocycles. The van der Waals surface area contributed by atoms with Crippen molar-refractivity contribution >= 4 is 5.69 Å². The molecule has 4 heteroatoms. The first-order valence-electron chi connectivity index (χ1n) is 6.65. The van der Waals surface area contributed by atoms with Crippen molar-refractivity contribution in [2.45, 2.75) is 31.9 Å². The Labute approximate surface area is 114 Å². The Hall–Kier alpha value is -1.57. The highest BCUT2D eigenvalue weighted by molar-refractivity contribution is 5.61. The lowest BCUT2D eigenvalue weighted by atomic mass is 9.93. The van der Waals surface area contributed by atoms with E-state index in [-0.39, 0.29) is 5.60 Å². The molecule has 102 valence electrons. The van der Waals surface area contributed by atoms with Crippen LogP contribution in [0.1, 0.15) is 30.9 Å². The molecule has 1 fully saturated rings. The standard InChI is InChI=1S/C15H21N3O/c1-15(19-2)6-3-7-18(11-15)14-5-4-12(9-16)8-13(14)10-17/h4-5,8H,3,6-7,9,11,16H2,1-2H3. The first-order chi connectivity index (χ1) is 9.11. The molecule has 1 heterocycles. The van der Waals surface area contributed by atoms with Crippen LogP contribution in [0.4, 0.5) is 5.69 Å². The minimum atomic E-state index is -0.127. The molecule has 19 heavy (non-hydrogen) atoms. The van der Waals surface area contributed by atoms with E-state index in [1.807, 2.05) is 18.2 Å². The molecule has 1 aromatic rings. The van der Waals surface area contributed by atoms with E-state index in [9.17, 15) is 5.26 Å². The molecule has 0 bridgehead atoms. The summed E-state index contributed by atoms with van der Waals surface area (Å²) in [5, 5.41) is 9.31. The van der Waals surface area contributed by atoms with E-state index in [1.165, 1.54) is 0 Å². The molecular formula is C15H21N3O. The van der Waals surface area contributed by atoms with E-state index in [0.717, 1.165) is 37.2 Å². The van der Waals surface area contributed by atoms with Gasteiger partial charge >= 0.3 is 0 Å². The maximum absolute atomic E-state index is 9.31. The number of piperidine rings is 1. The van der Waals surface area contributed by atoms with E-state index in [1.54, 1.807) is 7.11 Å². The second kappa shape index (κ2) is 5.60. The summed E-state index contributed by atoms with van der Waals surface area (Å²) in [6.45, 7) is 4.37. The van der Waals surface area contributed by atoms with Gasteiger partial charge in [0.1, 0.15) is 6.07 Å². The lowest BCUT2D eigenvalue weighted by molar-refractivity contribution is -0.00466. The molecule has 2 rings (SSSR count). The normalized spacial score (nSPS) is 23.2. The van der Waals surface area contributed by atoms with Gasteiger partial charge < -0.3 is 15.4 Å². The number of nitrogens with two attached hydrogens (primary N) is 1. The van der Waals surface area contributed by atoms with Crippen molar-refractivity contribution in [1.82, 2.24) is 0 Å². The fraction of sp³-hybridized carbons (Fsp3) is 0.533. The minimum absolute atomic E-state index is 0.127. The molecule has 0 amide bonds. The quantitative estimate of drug-likeness (QED) is 0.902. The maximum atomic E-state index is 9.31. The third-order valence-electron chi connectivity index (χ3n) is 3.91. The number of hydrogen-bond acceptors (Lipinski definition) is 4. The summed E-state index contributed by atoms with van der Waals surface area (Å²) in [7, 11) is 1.76. The Morgan fingerprint density at radius 3 is 2.95 bits per heavy atom. The molecule has 0 aliphatic carbocycles. The molecule has 2 N–H and O–H groups in total. The number of methoxy groups -OCH3 is 1. The molecule has 1 aliphatic rings. The van der Waals surface area contributed by atoms with Gasteiger partial charge in [-0.2, -0.15) is 5.26 Å². The summed E-state index contributed by atoms with van der Waals surface area (Å²) in [5.41, 5.74) is 8.17. The summed E-state index contributed by atoms with van der Waals surface area (Å²) in [5.74, 6) is 0. The number of ether oxygens (including phenoxy) is 1. The predicted octanol–water partition coefficient (Wildman–Crippen LogP) is 2.02. The first kappa shape index (κ1) is 13.9. The summed E-state index contributed by atoms with van der Waals surface area (Å²) in [4.78, 5) is 2.24. The third kappa shape index (κ3) is 2.89. The number of anilines is 1. The van der Waals surface area contributed by atoms with Gasteiger partial charge in [-0.25, -0.2) is 0 Å². The van der Waals surface area contributed by atoms with Gasteiger partial charge in [0.25, 0.3) is 0 Å². The van der Waals surface area contributed by atoms with Gasteiger partial charge in [-0.05, 0) is 37.5 Å².